The largest absolute Gasteiger partial charge is 0.368 e. The fourth-order valence-corrected chi connectivity index (χ4v) is 2.80. The second kappa shape index (κ2) is 8.09. The number of nitrogens with zero attached hydrogens (tertiary/aromatic N) is 2. The summed E-state index contributed by atoms with van der Waals surface area (Å²) in [5.74, 6) is -1.23. The fraction of sp³-hybridized carbons (Fsp3) is 0.500. The number of nitrogens with one attached hydrogen (secondary N) is 1. The van der Waals surface area contributed by atoms with E-state index in [4.69, 9.17) is 5.73 Å². The number of halogens is 1. The SMILES string of the molecule is CCCC(F)Cn1nc(C(=O)NC(C(N)=O)C(C)C)c2ccccc21. The molecule has 7 heteroatoms. The third kappa shape index (κ3) is 4.35. The van der Waals surface area contributed by atoms with E-state index in [1.165, 1.54) is 4.68 Å². The van der Waals surface area contributed by atoms with E-state index in [-0.39, 0.29) is 18.2 Å². The highest BCUT2D eigenvalue weighted by atomic mass is 19.1. The van der Waals surface area contributed by atoms with Crippen molar-refractivity contribution in [2.24, 2.45) is 11.7 Å². The Morgan fingerprint density at radius 3 is 2.60 bits per heavy atom. The summed E-state index contributed by atoms with van der Waals surface area (Å²) >= 11 is 0. The van der Waals surface area contributed by atoms with Crippen molar-refractivity contribution in [1.82, 2.24) is 15.1 Å². The molecule has 2 rings (SSSR count). The Bertz CT molecular complexity index is 757. The number of nitrogens with two attached hydrogens (primary N) is 1. The van der Waals surface area contributed by atoms with Gasteiger partial charge in [-0.15, -0.1) is 0 Å². The van der Waals surface area contributed by atoms with E-state index in [0.29, 0.717) is 17.3 Å². The Morgan fingerprint density at radius 2 is 2.00 bits per heavy atom. The van der Waals surface area contributed by atoms with Gasteiger partial charge in [0.2, 0.25) is 5.91 Å². The summed E-state index contributed by atoms with van der Waals surface area (Å²) in [5.41, 5.74) is 6.21. The van der Waals surface area contributed by atoms with Crippen molar-refractivity contribution >= 4 is 22.7 Å². The van der Waals surface area contributed by atoms with Gasteiger partial charge >= 0.3 is 0 Å². The lowest BCUT2D eigenvalue weighted by Crippen LogP contribution is -2.47. The van der Waals surface area contributed by atoms with Gasteiger partial charge in [0.15, 0.2) is 5.69 Å². The highest BCUT2D eigenvalue weighted by molar-refractivity contribution is 6.06. The lowest BCUT2D eigenvalue weighted by Gasteiger charge is -2.18. The van der Waals surface area contributed by atoms with Crippen molar-refractivity contribution in [3.8, 4) is 0 Å². The van der Waals surface area contributed by atoms with Gasteiger partial charge < -0.3 is 11.1 Å². The summed E-state index contributed by atoms with van der Waals surface area (Å²) in [6.45, 7) is 5.60. The maximum Gasteiger partial charge on any atom is 0.273 e. The van der Waals surface area contributed by atoms with Gasteiger partial charge in [-0.05, 0) is 18.4 Å². The molecule has 0 aliphatic carbocycles. The molecule has 1 aromatic heterocycles. The minimum Gasteiger partial charge on any atom is -0.368 e. The first-order chi connectivity index (χ1) is 11.8. The maximum absolute atomic E-state index is 14.0. The normalized spacial score (nSPS) is 13.8. The van der Waals surface area contributed by atoms with Crippen LogP contribution < -0.4 is 11.1 Å². The van der Waals surface area contributed by atoms with E-state index in [2.05, 4.69) is 10.4 Å². The smallest absolute Gasteiger partial charge is 0.273 e. The van der Waals surface area contributed by atoms with Crippen LogP contribution in [-0.2, 0) is 11.3 Å². The molecule has 0 radical (unpaired) electrons. The maximum atomic E-state index is 14.0. The molecule has 25 heavy (non-hydrogen) atoms. The van der Waals surface area contributed by atoms with Gasteiger partial charge in [-0.3, -0.25) is 14.3 Å². The summed E-state index contributed by atoms with van der Waals surface area (Å²) in [6.07, 6.45) is 0.146. The van der Waals surface area contributed by atoms with Gasteiger partial charge in [-0.1, -0.05) is 45.4 Å². The molecule has 136 valence electrons. The van der Waals surface area contributed by atoms with Crippen LogP contribution >= 0.6 is 0 Å². The van der Waals surface area contributed by atoms with Crippen LogP contribution in [0.5, 0.6) is 0 Å². The third-order valence-electron chi connectivity index (χ3n) is 4.11. The van der Waals surface area contributed by atoms with Crippen molar-refractivity contribution in [1.29, 1.82) is 0 Å². The highest BCUT2D eigenvalue weighted by Crippen LogP contribution is 2.20. The predicted molar refractivity (Wildman–Crippen MR) is 94.8 cm³/mol. The van der Waals surface area contributed by atoms with E-state index in [0.717, 1.165) is 6.42 Å². The average molecular weight is 348 g/mol. The number of carbonyl (C=O) groups is 2. The van der Waals surface area contributed by atoms with Gasteiger partial charge in [0, 0.05) is 5.39 Å². The number of hydrogen-bond donors (Lipinski definition) is 2. The number of rotatable bonds is 8. The van der Waals surface area contributed by atoms with Gasteiger partial charge in [0.25, 0.3) is 5.91 Å². The minimum atomic E-state index is -1.03. The molecule has 1 heterocycles. The Labute approximate surface area is 146 Å². The molecule has 1 aromatic carbocycles. The lowest BCUT2D eigenvalue weighted by atomic mass is 10.0. The van der Waals surface area contributed by atoms with Crippen LogP contribution in [0.25, 0.3) is 10.9 Å². The molecule has 2 amide bonds. The zero-order chi connectivity index (χ0) is 18.6. The number of carbonyl (C=O) groups excluding carboxylic acids is 2. The van der Waals surface area contributed by atoms with Crippen molar-refractivity contribution in [3.05, 3.63) is 30.0 Å². The number of benzene rings is 1. The summed E-state index contributed by atoms with van der Waals surface area (Å²) in [4.78, 5) is 24.1. The molecule has 0 saturated carbocycles. The zero-order valence-electron chi connectivity index (χ0n) is 14.8. The van der Waals surface area contributed by atoms with Crippen LogP contribution in [0, 0.1) is 5.92 Å². The topological polar surface area (TPSA) is 90.0 Å². The lowest BCUT2D eigenvalue weighted by molar-refractivity contribution is -0.120. The molecular weight excluding hydrogens is 323 g/mol. The molecule has 2 aromatic rings. The van der Waals surface area contributed by atoms with Gasteiger partial charge in [0.1, 0.15) is 12.2 Å². The molecule has 0 bridgehead atoms. The molecule has 6 nitrogen and oxygen atoms in total. The Kier molecular flexibility index (Phi) is 6.12. The first kappa shape index (κ1) is 18.9. The van der Waals surface area contributed by atoms with Crippen molar-refractivity contribution < 1.29 is 14.0 Å². The van der Waals surface area contributed by atoms with E-state index in [1.807, 2.05) is 13.0 Å². The molecule has 0 saturated heterocycles. The number of fused-ring (bicyclic) bond motifs is 1. The fourth-order valence-electron chi connectivity index (χ4n) is 2.80. The number of alkyl halides is 1. The Hall–Kier alpha value is -2.44. The predicted octanol–water partition coefficient (Wildman–Crippen LogP) is 2.41. The summed E-state index contributed by atoms with van der Waals surface area (Å²) in [5, 5.41) is 7.55. The van der Waals surface area contributed by atoms with Crippen molar-refractivity contribution in [3.63, 3.8) is 0 Å². The number of para-hydroxylation sites is 1. The van der Waals surface area contributed by atoms with E-state index in [1.54, 1.807) is 32.0 Å². The first-order valence-electron chi connectivity index (χ1n) is 8.54. The summed E-state index contributed by atoms with van der Waals surface area (Å²) in [7, 11) is 0. The molecule has 0 fully saturated rings. The van der Waals surface area contributed by atoms with Crippen LogP contribution in [-0.4, -0.2) is 33.8 Å². The van der Waals surface area contributed by atoms with Crippen LogP contribution in [0.1, 0.15) is 44.1 Å². The summed E-state index contributed by atoms with van der Waals surface area (Å²) < 4.78 is 15.5. The second-order valence-electron chi connectivity index (χ2n) is 6.53. The highest BCUT2D eigenvalue weighted by Gasteiger charge is 2.25. The van der Waals surface area contributed by atoms with Crippen LogP contribution in [0.2, 0.25) is 0 Å². The van der Waals surface area contributed by atoms with Crippen molar-refractivity contribution in [2.45, 2.75) is 52.4 Å². The van der Waals surface area contributed by atoms with E-state index in [9.17, 15) is 14.0 Å². The molecular formula is C18H25FN4O2. The zero-order valence-corrected chi connectivity index (χ0v) is 14.8. The molecule has 0 aliphatic heterocycles. The number of aromatic nitrogens is 2. The first-order valence-corrected chi connectivity index (χ1v) is 8.54. The molecule has 2 unspecified atom stereocenters. The number of hydrogen-bond acceptors (Lipinski definition) is 3. The molecule has 0 aliphatic rings. The van der Waals surface area contributed by atoms with E-state index < -0.39 is 24.0 Å². The molecule has 2 atom stereocenters. The van der Waals surface area contributed by atoms with Gasteiger partial charge in [-0.2, -0.15) is 5.10 Å². The molecule has 3 N–H and O–H groups in total. The van der Waals surface area contributed by atoms with Gasteiger partial charge in [-0.25, -0.2) is 4.39 Å². The van der Waals surface area contributed by atoms with Crippen LogP contribution in [0.3, 0.4) is 0 Å². The number of amides is 2. The van der Waals surface area contributed by atoms with Gasteiger partial charge in [0.05, 0.1) is 12.1 Å². The Balaban J connectivity index is 2.34. The van der Waals surface area contributed by atoms with Crippen LogP contribution in [0.4, 0.5) is 4.39 Å². The standard InChI is InChI=1S/C18H25FN4O2/c1-4-7-12(19)10-23-14-9-6-5-8-13(14)16(22-23)18(25)21-15(11(2)3)17(20)24/h5-6,8-9,11-12,15H,4,7,10H2,1-3H3,(H2,20,24)(H,21,25). The molecule has 0 spiro atoms. The monoisotopic (exact) mass is 348 g/mol. The van der Waals surface area contributed by atoms with Crippen molar-refractivity contribution in [2.75, 3.05) is 0 Å². The minimum absolute atomic E-state index is 0.0884. The summed E-state index contributed by atoms with van der Waals surface area (Å²) in [6, 6.07) is 6.38. The quantitative estimate of drug-likeness (QED) is 0.767. The Morgan fingerprint density at radius 1 is 1.32 bits per heavy atom. The number of primary amides is 1. The third-order valence-corrected chi connectivity index (χ3v) is 4.11. The van der Waals surface area contributed by atoms with Crippen LogP contribution in [0.15, 0.2) is 24.3 Å². The van der Waals surface area contributed by atoms with E-state index >= 15 is 0 Å². The second-order valence-corrected chi connectivity index (χ2v) is 6.53. The average Bonchev–Trinajstić information content (AvgIpc) is 2.91.